The Bertz CT molecular complexity index is 711. The average Bonchev–Trinajstić information content (AvgIpc) is 2.97. The lowest BCUT2D eigenvalue weighted by Gasteiger charge is -2.52. The Labute approximate surface area is 239 Å². The molecule has 5 atom stereocenters. The maximum atomic E-state index is 12.7. The van der Waals surface area contributed by atoms with Crippen LogP contribution in [0.2, 0.25) is 54.4 Å². The van der Waals surface area contributed by atoms with Crippen LogP contribution >= 0.6 is 0 Å². The Morgan fingerprint density at radius 3 is 1.49 bits per heavy atom. The van der Waals surface area contributed by atoms with Gasteiger partial charge in [-0.25, -0.2) is 9.18 Å². The molecule has 0 amide bonds. The van der Waals surface area contributed by atoms with Crippen LogP contribution in [0.4, 0.5) is 4.39 Å². The molecule has 1 aliphatic heterocycles. The second-order valence-corrected chi connectivity index (χ2v) is 24.8. The third kappa shape index (κ3) is 9.17. The van der Waals surface area contributed by atoms with E-state index in [1.807, 2.05) is 0 Å². The van der Waals surface area contributed by atoms with Gasteiger partial charge >= 0.3 is 5.97 Å². The first-order valence-electron chi connectivity index (χ1n) is 15.2. The van der Waals surface area contributed by atoms with E-state index in [-0.39, 0.29) is 6.54 Å². The molecule has 0 bridgehead atoms. The summed E-state index contributed by atoms with van der Waals surface area (Å²) in [6.07, 6.45) is -2.77. The van der Waals surface area contributed by atoms with E-state index in [1.165, 1.54) is 0 Å². The van der Waals surface area contributed by atoms with Gasteiger partial charge in [-0.1, -0.05) is 62.3 Å². The number of alkyl halides is 1. The van der Waals surface area contributed by atoms with Gasteiger partial charge in [-0.3, -0.25) is 4.99 Å². The molecule has 12 heteroatoms. The van der Waals surface area contributed by atoms with Crippen molar-refractivity contribution in [3.63, 3.8) is 0 Å². The predicted octanol–water partition coefficient (Wildman–Crippen LogP) is 6.98. The lowest BCUT2D eigenvalue weighted by atomic mass is 9.95. The Kier molecular flexibility index (Phi) is 16.2. The SMILES string of the molecule is CC[Si](CC)(CC)O[C@H]1[C@@H](O[Si](CC)(CC)CC)[C@@H](CN=COCF)O[C@@H](C(=O)O)[C@@H]1O[Si](CC)(CC)CC. The quantitative estimate of drug-likeness (QED) is 0.0904. The Morgan fingerprint density at radius 2 is 1.13 bits per heavy atom. The normalized spacial score (nSPS) is 24.8. The summed E-state index contributed by atoms with van der Waals surface area (Å²) in [4.78, 5) is 17.0. The van der Waals surface area contributed by atoms with E-state index < -0.39 is 68.3 Å². The van der Waals surface area contributed by atoms with Gasteiger partial charge in [0.25, 0.3) is 0 Å². The highest BCUT2D eigenvalue weighted by molar-refractivity contribution is 6.74. The van der Waals surface area contributed by atoms with Gasteiger partial charge in [0.1, 0.15) is 24.4 Å². The van der Waals surface area contributed by atoms with Crippen LogP contribution < -0.4 is 0 Å². The summed E-state index contributed by atoms with van der Waals surface area (Å²) in [5, 5.41) is 10.4. The molecular formula is C27H56FNO7Si3. The zero-order valence-electron chi connectivity index (χ0n) is 26.0. The number of carboxylic acids is 1. The molecule has 1 N–H and O–H groups in total. The molecule has 0 saturated carbocycles. The van der Waals surface area contributed by atoms with Crippen LogP contribution in [0, 0.1) is 0 Å². The number of aliphatic imine (C=N–C) groups is 1. The molecular weight excluding hydrogens is 554 g/mol. The zero-order chi connectivity index (χ0) is 29.7. The maximum Gasteiger partial charge on any atom is 0.335 e. The monoisotopic (exact) mass is 609 g/mol. The molecule has 8 nitrogen and oxygen atoms in total. The number of halogens is 1. The molecule has 1 heterocycles. The van der Waals surface area contributed by atoms with Crippen molar-refractivity contribution in [3.05, 3.63) is 0 Å². The Morgan fingerprint density at radius 1 is 0.744 bits per heavy atom. The summed E-state index contributed by atoms with van der Waals surface area (Å²) >= 11 is 0. The molecule has 0 aliphatic carbocycles. The zero-order valence-corrected chi connectivity index (χ0v) is 29.0. The first kappa shape index (κ1) is 36.4. The number of carboxylic acid groups (broad SMARTS) is 1. The summed E-state index contributed by atoms with van der Waals surface area (Å²) in [5.41, 5.74) is 0. The van der Waals surface area contributed by atoms with Crippen LogP contribution in [0.5, 0.6) is 0 Å². The standard InChI is InChI=1S/C27H56FNO7Si3/c1-10-37(11-2,12-3)34-23-22(19-29-21-32-20-28)33-26(27(30)31)25(36-39(16-7,17-8)18-9)24(23)35-38(13-4,14-5)15-6/h21-26H,10-20H2,1-9H3,(H,30,31)/t22-,23+,24+,25-,26-/m1/s1. The molecule has 1 saturated heterocycles. The maximum absolute atomic E-state index is 12.7. The van der Waals surface area contributed by atoms with E-state index >= 15 is 0 Å². The fourth-order valence-corrected chi connectivity index (χ4v) is 14.3. The number of aliphatic carboxylic acids is 1. The molecule has 1 aliphatic rings. The number of hydrogen-bond donors (Lipinski definition) is 1. The molecule has 0 unspecified atom stereocenters. The molecule has 0 spiro atoms. The van der Waals surface area contributed by atoms with Crippen LogP contribution in [-0.4, -0.2) is 86.4 Å². The van der Waals surface area contributed by atoms with Crippen molar-refractivity contribution in [2.24, 2.45) is 4.99 Å². The van der Waals surface area contributed by atoms with Crippen molar-refractivity contribution < 1.29 is 37.0 Å². The second kappa shape index (κ2) is 17.3. The predicted molar refractivity (Wildman–Crippen MR) is 163 cm³/mol. The van der Waals surface area contributed by atoms with Crippen molar-refractivity contribution in [2.75, 3.05) is 13.4 Å². The van der Waals surface area contributed by atoms with Gasteiger partial charge in [0.2, 0.25) is 6.86 Å². The third-order valence-electron chi connectivity index (χ3n) is 9.33. The van der Waals surface area contributed by atoms with Crippen LogP contribution in [-0.2, 0) is 27.5 Å². The van der Waals surface area contributed by atoms with Gasteiger partial charge in [-0.2, -0.15) is 0 Å². The van der Waals surface area contributed by atoms with Gasteiger partial charge < -0.3 is 27.9 Å². The average molecular weight is 610 g/mol. The highest BCUT2D eigenvalue weighted by Crippen LogP contribution is 2.39. The van der Waals surface area contributed by atoms with Gasteiger partial charge in [0.05, 0.1) is 6.54 Å². The molecule has 230 valence electrons. The fourth-order valence-electron chi connectivity index (χ4n) is 5.76. The second-order valence-electron chi connectivity index (χ2n) is 10.7. The smallest absolute Gasteiger partial charge is 0.335 e. The third-order valence-corrected chi connectivity index (χ3v) is 23.2. The van der Waals surface area contributed by atoms with Gasteiger partial charge in [0.15, 0.2) is 37.5 Å². The minimum Gasteiger partial charge on any atom is -0.479 e. The minimum absolute atomic E-state index is 0.0828. The number of carbonyl (C=O) groups is 1. The number of ether oxygens (including phenoxy) is 2. The van der Waals surface area contributed by atoms with E-state index in [0.717, 1.165) is 60.8 Å². The first-order valence-corrected chi connectivity index (χ1v) is 22.7. The highest BCUT2D eigenvalue weighted by Gasteiger charge is 2.56. The lowest BCUT2D eigenvalue weighted by molar-refractivity contribution is -0.215. The Balaban J connectivity index is 3.83. The van der Waals surface area contributed by atoms with E-state index in [1.54, 1.807) is 0 Å². The van der Waals surface area contributed by atoms with Crippen LogP contribution in [0.3, 0.4) is 0 Å². The Hall–Kier alpha value is -0.639. The molecule has 39 heavy (non-hydrogen) atoms. The van der Waals surface area contributed by atoms with Gasteiger partial charge in [-0.15, -0.1) is 0 Å². The number of rotatable bonds is 20. The molecule has 1 rings (SSSR count). The van der Waals surface area contributed by atoms with Crippen molar-refractivity contribution >= 4 is 37.3 Å². The van der Waals surface area contributed by atoms with Crippen molar-refractivity contribution in [2.45, 2.75) is 147 Å². The summed E-state index contributed by atoms with van der Waals surface area (Å²) < 4.78 is 44.9. The number of nitrogens with zero attached hydrogens (tertiary/aromatic N) is 1. The summed E-state index contributed by atoms with van der Waals surface area (Å²) in [6, 6.07) is 8.15. The van der Waals surface area contributed by atoms with Gasteiger partial charge in [-0.05, 0) is 54.4 Å². The van der Waals surface area contributed by atoms with E-state index in [9.17, 15) is 14.3 Å². The molecule has 0 radical (unpaired) electrons. The number of hydrogen-bond acceptors (Lipinski definition) is 7. The summed E-state index contributed by atoms with van der Waals surface area (Å²) in [7, 11) is -6.67. The topological polar surface area (TPSA) is 95.8 Å². The summed E-state index contributed by atoms with van der Waals surface area (Å²) in [6.45, 7) is 18.5. The van der Waals surface area contributed by atoms with E-state index in [4.69, 9.17) is 18.0 Å². The first-order chi connectivity index (χ1) is 18.6. The van der Waals surface area contributed by atoms with Crippen molar-refractivity contribution in [3.8, 4) is 0 Å². The molecule has 1 fully saturated rings. The largest absolute Gasteiger partial charge is 0.479 e. The fraction of sp³-hybridized carbons (Fsp3) is 0.926. The van der Waals surface area contributed by atoms with Crippen LogP contribution in [0.25, 0.3) is 0 Å². The molecule has 0 aromatic carbocycles. The van der Waals surface area contributed by atoms with Crippen LogP contribution in [0.15, 0.2) is 4.99 Å². The van der Waals surface area contributed by atoms with Crippen molar-refractivity contribution in [1.82, 2.24) is 0 Å². The molecule has 0 aromatic rings. The van der Waals surface area contributed by atoms with E-state index in [2.05, 4.69) is 72.0 Å². The van der Waals surface area contributed by atoms with Gasteiger partial charge in [0, 0.05) is 0 Å². The summed E-state index contributed by atoms with van der Waals surface area (Å²) in [5.74, 6) is -1.08. The minimum atomic E-state index is -2.25. The highest BCUT2D eigenvalue weighted by atomic mass is 28.4. The van der Waals surface area contributed by atoms with E-state index in [0.29, 0.717) is 0 Å². The van der Waals surface area contributed by atoms with Crippen molar-refractivity contribution in [1.29, 1.82) is 0 Å². The molecule has 0 aromatic heterocycles. The van der Waals surface area contributed by atoms with Crippen LogP contribution in [0.1, 0.15) is 62.3 Å². The lowest BCUT2D eigenvalue weighted by Crippen LogP contribution is -2.68.